The highest BCUT2D eigenvalue weighted by Crippen LogP contribution is 2.33. The van der Waals surface area contributed by atoms with Crippen LogP contribution in [0.15, 0.2) is 60.8 Å². The zero-order chi connectivity index (χ0) is 29.5. The Morgan fingerprint density at radius 2 is 1.79 bits per heavy atom. The summed E-state index contributed by atoms with van der Waals surface area (Å²) in [5, 5.41) is 7.84. The Morgan fingerprint density at radius 3 is 2.52 bits per heavy atom. The van der Waals surface area contributed by atoms with Crippen LogP contribution in [0.25, 0.3) is 10.9 Å². The summed E-state index contributed by atoms with van der Waals surface area (Å²) in [6.45, 7) is 9.00. The van der Waals surface area contributed by atoms with E-state index in [1.165, 1.54) is 16.5 Å². The first kappa shape index (κ1) is 30.1. The van der Waals surface area contributed by atoms with Crippen molar-refractivity contribution < 1.29 is 14.3 Å². The molecule has 1 aliphatic heterocycles. The predicted molar refractivity (Wildman–Crippen MR) is 167 cm³/mol. The van der Waals surface area contributed by atoms with Crippen LogP contribution in [0.2, 0.25) is 0 Å². The highest BCUT2D eigenvalue weighted by molar-refractivity contribution is 5.85. The van der Waals surface area contributed by atoms with Gasteiger partial charge in [-0.2, -0.15) is 0 Å². The SMILES string of the molecule is COCCCn1cc(CN(C(=O)C2CNCC(N(CC(C)C)C(=O)NCc3ccccc3)C2)C2CC2)c2ccccc21. The summed E-state index contributed by atoms with van der Waals surface area (Å²) in [6.07, 6.45) is 5.97. The molecule has 1 aliphatic carbocycles. The van der Waals surface area contributed by atoms with E-state index < -0.39 is 0 Å². The van der Waals surface area contributed by atoms with Gasteiger partial charge in [0.15, 0.2) is 0 Å². The van der Waals surface area contributed by atoms with Crippen LogP contribution in [-0.4, -0.2) is 71.7 Å². The number of nitrogens with zero attached hydrogens (tertiary/aromatic N) is 3. The molecular formula is C34H47N5O3. The van der Waals surface area contributed by atoms with Gasteiger partial charge >= 0.3 is 6.03 Å². The zero-order valence-corrected chi connectivity index (χ0v) is 25.4. The quantitative estimate of drug-likeness (QED) is 0.282. The van der Waals surface area contributed by atoms with E-state index in [0.29, 0.717) is 51.1 Å². The number of nitrogens with one attached hydrogen (secondary N) is 2. The fourth-order valence-electron chi connectivity index (χ4n) is 6.22. The van der Waals surface area contributed by atoms with E-state index in [1.54, 1.807) is 7.11 Å². The molecule has 2 aliphatic rings. The third-order valence-electron chi connectivity index (χ3n) is 8.46. The van der Waals surface area contributed by atoms with Crippen LogP contribution in [0.5, 0.6) is 0 Å². The van der Waals surface area contributed by atoms with Crippen LogP contribution in [-0.2, 0) is 29.2 Å². The van der Waals surface area contributed by atoms with E-state index in [4.69, 9.17) is 4.74 Å². The van der Waals surface area contributed by atoms with Gasteiger partial charge in [-0.3, -0.25) is 4.79 Å². The summed E-state index contributed by atoms with van der Waals surface area (Å²) in [6, 6.07) is 18.7. The van der Waals surface area contributed by atoms with Gasteiger partial charge in [-0.15, -0.1) is 0 Å². The fraction of sp³-hybridized carbons (Fsp3) is 0.529. The lowest BCUT2D eigenvalue weighted by atomic mass is 9.92. The van der Waals surface area contributed by atoms with E-state index in [2.05, 4.69) is 64.4 Å². The van der Waals surface area contributed by atoms with Crippen molar-refractivity contribution in [1.82, 2.24) is 25.0 Å². The van der Waals surface area contributed by atoms with Crippen molar-refractivity contribution in [2.24, 2.45) is 11.8 Å². The summed E-state index contributed by atoms with van der Waals surface area (Å²) < 4.78 is 7.58. The molecule has 8 nitrogen and oxygen atoms in total. The minimum Gasteiger partial charge on any atom is -0.385 e. The average molecular weight is 574 g/mol. The number of methoxy groups -OCH3 is 1. The normalized spacial score (nSPS) is 18.8. The molecule has 8 heteroatoms. The van der Waals surface area contributed by atoms with Crippen molar-refractivity contribution in [3.8, 4) is 0 Å². The molecule has 3 amide bonds. The van der Waals surface area contributed by atoms with Crippen molar-refractivity contribution in [3.05, 3.63) is 71.9 Å². The largest absolute Gasteiger partial charge is 0.385 e. The van der Waals surface area contributed by atoms with E-state index >= 15 is 0 Å². The molecule has 226 valence electrons. The number of aryl methyl sites for hydroxylation is 1. The second-order valence-corrected chi connectivity index (χ2v) is 12.3. The molecule has 0 radical (unpaired) electrons. The van der Waals surface area contributed by atoms with Gasteiger partial charge in [-0.1, -0.05) is 62.4 Å². The first-order valence-corrected chi connectivity index (χ1v) is 15.6. The molecule has 2 heterocycles. The van der Waals surface area contributed by atoms with E-state index in [0.717, 1.165) is 38.0 Å². The number of benzene rings is 2. The number of carbonyl (C=O) groups is 2. The Morgan fingerprint density at radius 1 is 1.02 bits per heavy atom. The Bertz CT molecular complexity index is 1320. The van der Waals surface area contributed by atoms with Gasteiger partial charge in [-0.05, 0) is 48.8 Å². The van der Waals surface area contributed by atoms with Gasteiger partial charge < -0.3 is 29.7 Å². The summed E-state index contributed by atoms with van der Waals surface area (Å²) in [5.41, 5.74) is 3.48. The van der Waals surface area contributed by atoms with Crippen LogP contribution in [0.3, 0.4) is 0 Å². The summed E-state index contributed by atoms with van der Waals surface area (Å²) in [4.78, 5) is 31.7. The topological polar surface area (TPSA) is 78.8 Å². The van der Waals surface area contributed by atoms with E-state index in [-0.39, 0.29) is 23.9 Å². The summed E-state index contributed by atoms with van der Waals surface area (Å²) in [5.74, 6) is 0.379. The van der Waals surface area contributed by atoms with E-state index in [9.17, 15) is 9.59 Å². The van der Waals surface area contributed by atoms with Gasteiger partial charge in [0, 0.05) is 82.2 Å². The molecule has 1 saturated heterocycles. The highest BCUT2D eigenvalue weighted by Gasteiger charge is 2.39. The number of para-hydroxylation sites is 1. The first-order chi connectivity index (χ1) is 20.4. The molecular weight excluding hydrogens is 526 g/mol. The van der Waals surface area contributed by atoms with E-state index in [1.807, 2.05) is 35.2 Å². The second kappa shape index (κ2) is 14.2. The van der Waals surface area contributed by atoms with Crippen LogP contribution < -0.4 is 10.6 Å². The maximum Gasteiger partial charge on any atom is 0.317 e. The number of hydrogen-bond acceptors (Lipinski definition) is 4. The monoisotopic (exact) mass is 573 g/mol. The van der Waals surface area contributed by atoms with Gasteiger partial charge in [-0.25, -0.2) is 4.79 Å². The number of amides is 3. The maximum absolute atomic E-state index is 14.2. The van der Waals surface area contributed by atoms with Crippen molar-refractivity contribution in [2.75, 3.05) is 33.4 Å². The molecule has 5 rings (SSSR count). The summed E-state index contributed by atoms with van der Waals surface area (Å²) in [7, 11) is 1.74. The van der Waals surface area contributed by atoms with Crippen molar-refractivity contribution >= 4 is 22.8 Å². The molecule has 1 saturated carbocycles. The van der Waals surface area contributed by atoms with Crippen molar-refractivity contribution in [1.29, 1.82) is 0 Å². The number of hydrogen-bond donors (Lipinski definition) is 2. The molecule has 1 aromatic heterocycles. The molecule has 0 spiro atoms. The predicted octanol–water partition coefficient (Wildman–Crippen LogP) is 5.01. The smallest absolute Gasteiger partial charge is 0.317 e. The molecule has 2 fully saturated rings. The average Bonchev–Trinajstić information content (AvgIpc) is 3.80. The molecule has 42 heavy (non-hydrogen) atoms. The number of urea groups is 1. The molecule has 0 bridgehead atoms. The number of carbonyl (C=O) groups excluding carboxylic acids is 2. The number of aromatic nitrogens is 1. The van der Waals surface area contributed by atoms with Gasteiger partial charge in [0.05, 0.1) is 5.92 Å². The highest BCUT2D eigenvalue weighted by atomic mass is 16.5. The zero-order valence-electron chi connectivity index (χ0n) is 25.4. The Hall–Kier alpha value is -3.36. The van der Waals surface area contributed by atoms with Crippen LogP contribution in [0, 0.1) is 11.8 Å². The van der Waals surface area contributed by atoms with Gasteiger partial charge in [0.2, 0.25) is 5.91 Å². The standard InChI is InChI=1S/C34H47N5O3/c1-25(2)22-39(34(41)36-19-26-10-5-4-6-11-26)30-18-27(20-35-21-30)33(40)38(29-14-15-29)24-28-23-37(16-9-17-42-3)32-13-8-7-12-31(28)32/h4-8,10-13,23,25,27,29-30,35H,9,14-22,24H2,1-3H3,(H,36,41). The van der Waals surface area contributed by atoms with Gasteiger partial charge in [0.1, 0.15) is 0 Å². The first-order valence-electron chi connectivity index (χ1n) is 15.6. The Kier molecular flexibility index (Phi) is 10.2. The lowest BCUT2D eigenvalue weighted by molar-refractivity contribution is -0.138. The molecule has 2 N–H and O–H groups in total. The molecule has 2 atom stereocenters. The van der Waals surface area contributed by atoms with Crippen molar-refractivity contribution in [3.63, 3.8) is 0 Å². The minimum atomic E-state index is -0.156. The van der Waals surface area contributed by atoms with Crippen LogP contribution in [0.4, 0.5) is 4.79 Å². The number of piperidine rings is 1. The van der Waals surface area contributed by atoms with Crippen molar-refractivity contribution in [2.45, 2.75) is 71.2 Å². The third kappa shape index (κ3) is 7.53. The van der Waals surface area contributed by atoms with Crippen LogP contribution >= 0.6 is 0 Å². The maximum atomic E-state index is 14.2. The third-order valence-corrected chi connectivity index (χ3v) is 8.46. The Balaban J connectivity index is 1.29. The van der Waals surface area contributed by atoms with Gasteiger partial charge in [0.25, 0.3) is 0 Å². The summed E-state index contributed by atoms with van der Waals surface area (Å²) >= 11 is 0. The molecule has 2 aromatic carbocycles. The lowest BCUT2D eigenvalue weighted by Gasteiger charge is -2.39. The minimum absolute atomic E-state index is 0.0328. The fourth-order valence-corrected chi connectivity index (χ4v) is 6.22. The molecule has 3 aromatic rings. The van der Waals surface area contributed by atoms with Crippen LogP contribution in [0.1, 0.15) is 50.7 Å². The second-order valence-electron chi connectivity index (χ2n) is 12.3. The number of fused-ring (bicyclic) bond motifs is 1. The lowest BCUT2D eigenvalue weighted by Crippen LogP contribution is -2.57. The molecule has 2 unspecified atom stereocenters. The number of ether oxygens (including phenoxy) is 1. The Labute approximate surface area is 250 Å². The number of rotatable bonds is 13.